The highest BCUT2D eigenvalue weighted by atomic mass is 31.2. The zero-order valence-corrected chi connectivity index (χ0v) is 21.0. The molecular weight excluding hydrogens is 468 g/mol. The van der Waals surface area contributed by atoms with Crippen molar-refractivity contribution in [1.82, 2.24) is 4.98 Å². The lowest BCUT2D eigenvalue weighted by Crippen LogP contribution is -2.19. The third kappa shape index (κ3) is 7.07. The molecule has 8 heteroatoms. The van der Waals surface area contributed by atoms with Gasteiger partial charge in [0.1, 0.15) is 5.82 Å². The monoisotopic (exact) mass is 499 g/mol. The molecule has 186 valence electrons. The molecular formula is C27H31FNO5P. The van der Waals surface area contributed by atoms with Crippen molar-refractivity contribution in [2.45, 2.75) is 38.7 Å². The lowest BCUT2D eigenvalue weighted by atomic mass is 9.91. The summed E-state index contributed by atoms with van der Waals surface area (Å²) in [6, 6.07) is 17.9. The maximum absolute atomic E-state index is 13.7. The Bertz CT molecular complexity index is 1200. The summed E-state index contributed by atoms with van der Waals surface area (Å²) in [7, 11) is -2.00. The number of carboxylic acids is 1. The van der Waals surface area contributed by atoms with Crippen LogP contribution >= 0.6 is 7.37 Å². The summed E-state index contributed by atoms with van der Waals surface area (Å²) in [6.07, 6.45) is -1.56. The van der Waals surface area contributed by atoms with Gasteiger partial charge in [0, 0.05) is 24.5 Å². The fourth-order valence-corrected chi connectivity index (χ4v) is 5.95. The van der Waals surface area contributed by atoms with Gasteiger partial charge in [0.2, 0.25) is 7.37 Å². The SMILES string of the molecule is COP(=O)(CCc1c(-c2ccc(F)cc2)cc(-c2ccccc2)nc1C(C)C)C[C@@H](O)CC(=O)O. The molecule has 6 nitrogen and oxygen atoms in total. The molecule has 1 heterocycles. The van der Waals surface area contributed by atoms with Crippen LogP contribution in [0.15, 0.2) is 60.7 Å². The van der Waals surface area contributed by atoms with Crippen LogP contribution in [0, 0.1) is 5.82 Å². The van der Waals surface area contributed by atoms with Crippen molar-refractivity contribution in [3.8, 4) is 22.4 Å². The average Bonchev–Trinajstić information content (AvgIpc) is 2.82. The number of carbonyl (C=O) groups is 1. The smallest absolute Gasteiger partial charge is 0.305 e. The van der Waals surface area contributed by atoms with Crippen LogP contribution in [0.2, 0.25) is 0 Å². The first-order chi connectivity index (χ1) is 16.6. The normalized spacial score (nSPS) is 14.0. The highest BCUT2D eigenvalue weighted by molar-refractivity contribution is 7.59. The Morgan fingerprint density at radius 2 is 1.74 bits per heavy atom. The van der Waals surface area contributed by atoms with Crippen LogP contribution in [0.5, 0.6) is 0 Å². The second-order valence-corrected chi connectivity index (χ2v) is 11.7. The fraction of sp³-hybridized carbons (Fsp3) is 0.333. The minimum Gasteiger partial charge on any atom is -0.481 e. The highest BCUT2D eigenvalue weighted by Crippen LogP contribution is 2.48. The van der Waals surface area contributed by atoms with Gasteiger partial charge in [-0.3, -0.25) is 14.3 Å². The van der Waals surface area contributed by atoms with E-state index in [4.69, 9.17) is 14.6 Å². The summed E-state index contributed by atoms with van der Waals surface area (Å²) in [5.41, 5.74) is 5.10. The molecule has 1 unspecified atom stereocenters. The Morgan fingerprint density at radius 1 is 1.09 bits per heavy atom. The first-order valence-corrected chi connectivity index (χ1v) is 13.5. The van der Waals surface area contributed by atoms with Crippen LogP contribution in [-0.4, -0.2) is 46.7 Å². The lowest BCUT2D eigenvalue weighted by Gasteiger charge is -2.22. The van der Waals surface area contributed by atoms with Crippen LogP contribution in [0.4, 0.5) is 4.39 Å². The Morgan fingerprint density at radius 3 is 2.31 bits per heavy atom. The Labute approximate surface area is 205 Å². The Hall–Kier alpha value is -2.86. The second-order valence-electron chi connectivity index (χ2n) is 8.85. The molecule has 0 saturated carbocycles. The summed E-state index contributed by atoms with van der Waals surface area (Å²) in [6.45, 7) is 4.06. The van der Waals surface area contributed by atoms with Gasteiger partial charge in [-0.2, -0.15) is 0 Å². The number of halogens is 1. The second kappa shape index (κ2) is 11.7. The molecule has 0 radical (unpaired) electrons. The first-order valence-electron chi connectivity index (χ1n) is 11.5. The molecule has 3 aromatic rings. The van der Waals surface area contributed by atoms with E-state index in [2.05, 4.69) is 0 Å². The van der Waals surface area contributed by atoms with Crippen molar-refractivity contribution in [3.63, 3.8) is 0 Å². The molecule has 0 fully saturated rings. The van der Waals surface area contributed by atoms with Crippen molar-refractivity contribution in [1.29, 1.82) is 0 Å². The van der Waals surface area contributed by atoms with Gasteiger partial charge in [-0.1, -0.05) is 56.3 Å². The molecule has 0 bridgehead atoms. The number of hydrogen-bond acceptors (Lipinski definition) is 5. The topological polar surface area (TPSA) is 96.7 Å². The van der Waals surface area contributed by atoms with E-state index in [1.807, 2.05) is 50.2 Å². The molecule has 1 aromatic heterocycles. The largest absolute Gasteiger partial charge is 0.481 e. The van der Waals surface area contributed by atoms with E-state index in [0.717, 1.165) is 33.6 Å². The molecule has 0 aliphatic heterocycles. The van der Waals surface area contributed by atoms with E-state index in [-0.39, 0.29) is 24.1 Å². The maximum Gasteiger partial charge on any atom is 0.305 e. The van der Waals surface area contributed by atoms with Crippen LogP contribution in [0.1, 0.15) is 37.4 Å². The highest BCUT2D eigenvalue weighted by Gasteiger charge is 2.28. The number of aliphatic carboxylic acids is 1. The van der Waals surface area contributed by atoms with Crippen molar-refractivity contribution >= 4 is 13.3 Å². The van der Waals surface area contributed by atoms with Crippen LogP contribution in [0.25, 0.3) is 22.4 Å². The van der Waals surface area contributed by atoms with Gasteiger partial charge in [-0.05, 0) is 47.2 Å². The standard InChI is InChI=1S/C27H31FNO5P/c1-18(2)27-23(13-14-35(33,34-3)17-22(30)15-26(31)32)24(19-9-11-21(28)12-10-19)16-25(29-27)20-7-5-4-6-8-20/h4-12,16,18,22,30H,13-15,17H2,1-3H3,(H,31,32)/t22-,35?/m0/s1. The summed E-state index contributed by atoms with van der Waals surface area (Å²) in [5.74, 6) is -1.46. The Balaban J connectivity index is 2.07. The van der Waals surface area contributed by atoms with Gasteiger partial charge in [0.15, 0.2) is 0 Å². The minimum atomic E-state index is -3.32. The molecule has 2 aromatic carbocycles. The van der Waals surface area contributed by atoms with E-state index in [9.17, 15) is 18.9 Å². The van der Waals surface area contributed by atoms with Crippen molar-refractivity contribution in [2.24, 2.45) is 0 Å². The van der Waals surface area contributed by atoms with Crippen molar-refractivity contribution in [3.05, 3.63) is 77.7 Å². The number of aromatic nitrogens is 1. The number of carboxylic acid groups (broad SMARTS) is 1. The summed E-state index contributed by atoms with van der Waals surface area (Å²) < 4.78 is 32.3. The third-order valence-corrected chi connectivity index (χ3v) is 8.41. The zero-order chi connectivity index (χ0) is 25.6. The van der Waals surface area contributed by atoms with E-state index in [0.29, 0.717) is 6.42 Å². The molecule has 35 heavy (non-hydrogen) atoms. The molecule has 0 aliphatic carbocycles. The molecule has 0 aliphatic rings. The molecule has 2 atom stereocenters. The van der Waals surface area contributed by atoms with Gasteiger partial charge in [0.25, 0.3) is 0 Å². The number of hydrogen-bond donors (Lipinski definition) is 2. The zero-order valence-electron chi connectivity index (χ0n) is 20.1. The van der Waals surface area contributed by atoms with Gasteiger partial charge < -0.3 is 14.7 Å². The molecule has 0 spiro atoms. The summed E-state index contributed by atoms with van der Waals surface area (Å²) in [5, 5.41) is 19.0. The molecule has 0 amide bonds. The predicted molar refractivity (Wildman–Crippen MR) is 135 cm³/mol. The maximum atomic E-state index is 13.7. The number of aliphatic hydroxyl groups excluding tert-OH is 1. The van der Waals surface area contributed by atoms with Gasteiger partial charge >= 0.3 is 5.97 Å². The quantitative estimate of drug-likeness (QED) is 0.315. The molecule has 0 saturated heterocycles. The summed E-state index contributed by atoms with van der Waals surface area (Å²) >= 11 is 0. The van der Waals surface area contributed by atoms with Crippen LogP contribution < -0.4 is 0 Å². The van der Waals surface area contributed by atoms with Crippen LogP contribution in [0.3, 0.4) is 0 Å². The fourth-order valence-electron chi connectivity index (χ4n) is 4.10. The molecule has 2 N–H and O–H groups in total. The first kappa shape index (κ1) is 26.7. The van der Waals surface area contributed by atoms with Gasteiger partial charge in [-0.25, -0.2) is 4.39 Å². The number of benzene rings is 2. The number of nitrogens with zero attached hydrogens (tertiary/aromatic N) is 1. The van der Waals surface area contributed by atoms with Gasteiger partial charge in [0.05, 0.1) is 24.4 Å². The van der Waals surface area contributed by atoms with E-state index >= 15 is 0 Å². The minimum absolute atomic E-state index is 0.0485. The van der Waals surface area contributed by atoms with E-state index < -0.39 is 25.9 Å². The molecule has 3 rings (SSSR count). The van der Waals surface area contributed by atoms with Crippen LogP contribution in [-0.2, 0) is 20.3 Å². The number of pyridine rings is 1. The third-order valence-electron chi connectivity index (χ3n) is 5.86. The van der Waals surface area contributed by atoms with Crippen molar-refractivity contribution in [2.75, 3.05) is 19.4 Å². The number of rotatable bonds is 11. The van der Waals surface area contributed by atoms with E-state index in [1.54, 1.807) is 12.1 Å². The van der Waals surface area contributed by atoms with Gasteiger partial charge in [-0.15, -0.1) is 0 Å². The number of aliphatic hydroxyl groups is 1. The average molecular weight is 500 g/mol. The van der Waals surface area contributed by atoms with Crippen molar-refractivity contribution < 1.29 is 28.5 Å². The lowest BCUT2D eigenvalue weighted by molar-refractivity contribution is -0.138. The predicted octanol–water partition coefficient (Wildman–Crippen LogP) is 5.98. The van der Waals surface area contributed by atoms with E-state index in [1.165, 1.54) is 19.2 Å². The summed E-state index contributed by atoms with van der Waals surface area (Å²) in [4.78, 5) is 15.9. The Kier molecular flexibility index (Phi) is 8.95.